The summed E-state index contributed by atoms with van der Waals surface area (Å²) in [6.45, 7) is 9.07. The predicted molar refractivity (Wildman–Crippen MR) is 43.2 cm³/mol. The summed E-state index contributed by atoms with van der Waals surface area (Å²) < 4.78 is 0. The van der Waals surface area contributed by atoms with Gasteiger partial charge < -0.3 is 0 Å². The van der Waals surface area contributed by atoms with Crippen molar-refractivity contribution in [3.05, 3.63) is 6.42 Å². The average Bonchev–Trinajstić information content (AvgIpc) is 1.82. The molecule has 0 N–H and O–H groups in total. The quantitative estimate of drug-likeness (QED) is 0.543. The molecule has 0 aliphatic carbocycles. The van der Waals surface area contributed by atoms with Crippen molar-refractivity contribution >= 4 is 0 Å². The standard InChI is InChI=1S/C9H19/c1-5-6-7-9(4)8(2)3/h7-9H,5-6H2,1-4H3. The van der Waals surface area contributed by atoms with E-state index in [0.717, 1.165) is 11.8 Å². The molecule has 0 aromatic heterocycles. The van der Waals surface area contributed by atoms with E-state index >= 15 is 0 Å². The van der Waals surface area contributed by atoms with Gasteiger partial charge in [-0.15, -0.1) is 0 Å². The molecule has 0 aromatic rings. The molecule has 1 atom stereocenters. The zero-order valence-electron chi connectivity index (χ0n) is 7.15. The van der Waals surface area contributed by atoms with E-state index in [-0.39, 0.29) is 0 Å². The van der Waals surface area contributed by atoms with Gasteiger partial charge in [0.05, 0.1) is 0 Å². The van der Waals surface area contributed by atoms with Gasteiger partial charge in [-0.3, -0.25) is 0 Å². The smallest absolute Gasteiger partial charge is 0.0355 e. The molecule has 55 valence electrons. The fourth-order valence-corrected chi connectivity index (χ4v) is 0.702. The number of rotatable bonds is 4. The highest BCUT2D eigenvalue weighted by Gasteiger charge is 2.04. The summed E-state index contributed by atoms with van der Waals surface area (Å²) in [6, 6.07) is 0. The van der Waals surface area contributed by atoms with Crippen LogP contribution >= 0.6 is 0 Å². The third-order valence-electron chi connectivity index (χ3n) is 1.88. The molecule has 1 radical (unpaired) electrons. The molecule has 0 spiro atoms. The Labute approximate surface area is 59.7 Å². The molecule has 0 aromatic carbocycles. The van der Waals surface area contributed by atoms with E-state index in [1.807, 2.05) is 0 Å². The lowest BCUT2D eigenvalue weighted by Gasteiger charge is -2.13. The molecule has 0 saturated heterocycles. The molecule has 0 saturated carbocycles. The van der Waals surface area contributed by atoms with Gasteiger partial charge in [-0.25, -0.2) is 0 Å². The Kier molecular flexibility index (Phi) is 4.84. The Hall–Kier alpha value is 0. The molecule has 0 bridgehead atoms. The third-order valence-corrected chi connectivity index (χ3v) is 1.88. The highest BCUT2D eigenvalue weighted by Crippen LogP contribution is 2.15. The molecular formula is C9H19. The van der Waals surface area contributed by atoms with Crippen LogP contribution in [0, 0.1) is 18.3 Å². The SMILES string of the molecule is CCC[CH]C(C)C(C)C. The molecule has 1 unspecified atom stereocenters. The van der Waals surface area contributed by atoms with E-state index in [1.165, 1.54) is 12.8 Å². The molecule has 0 heterocycles. The minimum Gasteiger partial charge on any atom is -0.0654 e. The van der Waals surface area contributed by atoms with Crippen LogP contribution in [-0.2, 0) is 0 Å². The normalized spacial score (nSPS) is 14.3. The number of hydrogen-bond acceptors (Lipinski definition) is 0. The van der Waals surface area contributed by atoms with Gasteiger partial charge in [0.15, 0.2) is 0 Å². The predicted octanol–water partition coefficient (Wildman–Crippen LogP) is 3.28. The van der Waals surface area contributed by atoms with Gasteiger partial charge in [-0.2, -0.15) is 0 Å². The third kappa shape index (κ3) is 4.50. The second-order valence-electron chi connectivity index (χ2n) is 3.13. The first-order valence-electron chi connectivity index (χ1n) is 4.01. The monoisotopic (exact) mass is 127 g/mol. The zero-order valence-corrected chi connectivity index (χ0v) is 7.15. The maximum Gasteiger partial charge on any atom is -0.0355 e. The summed E-state index contributed by atoms with van der Waals surface area (Å²) in [5.74, 6) is 1.61. The van der Waals surface area contributed by atoms with Gasteiger partial charge in [0.25, 0.3) is 0 Å². The molecule has 0 rings (SSSR count). The molecular weight excluding hydrogens is 108 g/mol. The van der Waals surface area contributed by atoms with Crippen molar-refractivity contribution in [1.82, 2.24) is 0 Å². The lowest BCUT2D eigenvalue weighted by atomic mass is 9.93. The second kappa shape index (κ2) is 4.84. The van der Waals surface area contributed by atoms with E-state index in [2.05, 4.69) is 34.1 Å². The lowest BCUT2D eigenvalue weighted by molar-refractivity contribution is 0.459. The minimum atomic E-state index is 0.796. The first-order valence-corrected chi connectivity index (χ1v) is 4.01. The Bertz CT molecular complexity index is 55.1. The molecule has 9 heavy (non-hydrogen) atoms. The summed E-state index contributed by atoms with van der Waals surface area (Å²) in [6.07, 6.45) is 4.99. The van der Waals surface area contributed by atoms with Crippen molar-refractivity contribution < 1.29 is 0 Å². The van der Waals surface area contributed by atoms with Crippen LogP contribution in [0.25, 0.3) is 0 Å². The summed E-state index contributed by atoms with van der Waals surface area (Å²) in [4.78, 5) is 0. The first-order chi connectivity index (χ1) is 4.18. The van der Waals surface area contributed by atoms with Crippen LogP contribution in [0.5, 0.6) is 0 Å². The van der Waals surface area contributed by atoms with Gasteiger partial charge in [-0.05, 0) is 18.3 Å². The zero-order chi connectivity index (χ0) is 7.28. The van der Waals surface area contributed by atoms with Crippen molar-refractivity contribution in [2.24, 2.45) is 11.8 Å². The van der Waals surface area contributed by atoms with E-state index in [4.69, 9.17) is 0 Å². The van der Waals surface area contributed by atoms with Crippen LogP contribution in [-0.4, -0.2) is 0 Å². The Morgan fingerprint density at radius 2 is 1.78 bits per heavy atom. The summed E-state index contributed by atoms with van der Waals surface area (Å²) in [7, 11) is 0. The van der Waals surface area contributed by atoms with Gasteiger partial charge in [-0.1, -0.05) is 40.5 Å². The van der Waals surface area contributed by atoms with Gasteiger partial charge in [0.1, 0.15) is 0 Å². The van der Waals surface area contributed by atoms with Crippen LogP contribution in [0.2, 0.25) is 0 Å². The number of hydrogen-bond donors (Lipinski definition) is 0. The van der Waals surface area contributed by atoms with E-state index in [1.54, 1.807) is 0 Å². The maximum absolute atomic E-state index is 2.42. The molecule has 0 heteroatoms. The first kappa shape index (κ1) is 9.00. The summed E-state index contributed by atoms with van der Waals surface area (Å²) in [5.41, 5.74) is 0. The van der Waals surface area contributed by atoms with Crippen LogP contribution in [0.1, 0.15) is 40.5 Å². The Balaban J connectivity index is 3.16. The van der Waals surface area contributed by atoms with Gasteiger partial charge in [0, 0.05) is 0 Å². The highest BCUT2D eigenvalue weighted by atomic mass is 14.1. The Morgan fingerprint density at radius 1 is 1.22 bits per heavy atom. The fraction of sp³-hybridized carbons (Fsp3) is 0.889. The van der Waals surface area contributed by atoms with Crippen molar-refractivity contribution in [3.8, 4) is 0 Å². The summed E-state index contributed by atoms with van der Waals surface area (Å²) >= 11 is 0. The molecule has 0 fully saturated rings. The largest absolute Gasteiger partial charge is 0.0654 e. The second-order valence-corrected chi connectivity index (χ2v) is 3.13. The maximum atomic E-state index is 2.42. The fourth-order valence-electron chi connectivity index (χ4n) is 0.702. The minimum absolute atomic E-state index is 0.796. The van der Waals surface area contributed by atoms with E-state index in [0.29, 0.717) is 0 Å². The number of unbranched alkanes of at least 4 members (excludes halogenated alkanes) is 1. The molecule has 0 amide bonds. The molecule has 0 aliphatic rings. The van der Waals surface area contributed by atoms with Crippen LogP contribution in [0.3, 0.4) is 0 Å². The van der Waals surface area contributed by atoms with Gasteiger partial charge in [0.2, 0.25) is 0 Å². The Morgan fingerprint density at radius 3 is 2.11 bits per heavy atom. The van der Waals surface area contributed by atoms with Crippen molar-refractivity contribution in [1.29, 1.82) is 0 Å². The lowest BCUT2D eigenvalue weighted by Crippen LogP contribution is -2.03. The van der Waals surface area contributed by atoms with Crippen LogP contribution in [0.4, 0.5) is 0 Å². The van der Waals surface area contributed by atoms with Gasteiger partial charge >= 0.3 is 0 Å². The van der Waals surface area contributed by atoms with Crippen molar-refractivity contribution in [3.63, 3.8) is 0 Å². The van der Waals surface area contributed by atoms with E-state index in [9.17, 15) is 0 Å². The average molecular weight is 127 g/mol. The topological polar surface area (TPSA) is 0 Å². The molecule has 0 nitrogen and oxygen atoms in total. The van der Waals surface area contributed by atoms with Crippen LogP contribution < -0.4 is 0 Å². The van der Waals surface area contributed by atoms with Crippen molar-refractivity contribution in [2.75, 3.05) is 0 Å². The van der Waals surface area contributed by atoms with Crippen molar-refractivity contribution in [2.45, 2.75) is 40.5 Å². The molecule has 0 aliphatic heterocycles. The summed E-state index contributed by atoms with van der Waals surface area (Å²) in [5, 5.41) is 0. The highest BCUT2D eigenvalue weighted by molar-refractivity contribution is 4.73. The van der Waals surface area contributed by atoms with Crippen LogP contribution in [0.15, 0.2) is 0 Å². The van der Waals surface area contributed by atoms with E-state index < -0.39 is 0 Å².